The third kappa shape index (κ3) is 13.7. The Morgan fingerprint density at radius 2 is 1.64 bits per heavy atom. The number of carboxylic acid groups (broad SMARTS) is 1. The lowest BCUT2D eigenvalue weighted by Crippen LogP contribution is -2.58. The van der Waals surface area contributed by atoms with E-state index in [1.165, 1.54) is 23.6 Å². The van der Waals surface area contributed by atoms with Crippen LogP contribution in [0.5, 0.6) is 0 Å². The Labute approximate surface area is 262 Å². The van der Waals surface area contributed by atoms with Crippen LogP contribution < -0.4 is 27.0 Å². The smallest absolute Gasteiger partial charge is 0.300 e. The molecule has 14 nitrogen and oxygen atoms in total. The summed E-state index contributed by atoms with van der Waals surface area (Å²) in [6, 6.07) is 4.49. The first kappa shape index (κ1) is 38.3. The summed E-state index contributed by atoms with van der Waals surface area (Å²) in [6.45, 7) is 4.93. The SMILES string of the molecule is CC(=O)O.CSCC[C@@H]1NC(=O)[C@H](C(C)C)NC(=O)CN(C(=O)[C@@H](N)CO)C[C@@H](Cc2ccccc2)NC(=O)[C@H](C)NC1=O. The number of benzene rings is 1. The predicted molar refractivity (Wildman–Crippen MR) is 166 cm³/mol. The van der Waals surface area contributed by atoms with E-state index in [-0.39, 0.29) is 12.5 Å². The Morgan fingerprint density at radius 1 is 1.02 bits per heavy atom. The lowest BCUT2D eigenvalue weighted by atomic mass is 10.0. The number of aliphatic carboxylic acids is 1. The van der Waals surface area contributed by atoms with Gasteiger partial charge in [0.2, 0.25) is 29.5 Å². The molecule has 5 amide bonds. The summed E-state index contributed by atoms with van der Waals surface area (Å²) >= 11 is 1.51. The van der Waals surface area contributed by atoms with Gasteiger partial charge < -0.3 is 42.1 Å². The van der Waals surface area contributed by atoms with E-state index in [4.69, 9.17) is 15.6 Å². The number of hydrogen-bond donors (Lipinski definition) is 7. The fourth-order valence-electron chi connectivity index (χ4n) is 4.27. The van der Waals surface area contributed by atoms with E-state index in [2.05, 4.69) is 21.3 Å². The summed E-state index contributed by atoms with van der Waals surface area (Å²) in [5.74, 6) is -3.45. The molecule has 0 unspecified atom stereocenters. The zero-order valence-corrected chi connectivity index (χ0v) is 26.7. The van der Waals surface area contributed by atoms with Crippen molar-refractivity contribution in [2.75, 3.05) is 31.7 Å². The average Bonchev–Trinajstić information content (AvgIpc) is 2.96. The van der Waals surface area contributed by atoms with Gasteiger partial charge in [-0.15, -0.1) is 0 Å². The fraction of sp³-hybridized carbons (Fsp3) is 0.586. The second-order valence-corrected chi connectivity index (χ2v) is 11.8. The van der Waals surface area contributed by atoms with E-state index in [0.29, 0.717) is 18.6 Å². The normalized spacial score (nSPS) is 22.6. The molecule has 0 aromatic heterocycles. The van der Waals surface area contributed by atoms with Crippen molar-refractivity contribution < 1.29 is 39.0 Å². The Kier molecular flexibility index (Phi) is 17.0. The second kappa shape index (κ2) is 19.6. The minimum absolute atomic E-state index is 0.101. The Bertz CT molecular complexity index is 1120. The Morgan fingerprint density at radius 3 is 2.18 bits per heavy atom. The van der Waals surface area contributed by atoms with Crippen LogP contribution in [0.15, 0.2) is 30.3 Å². The van der Waals surface area contributed by atoms with Crippen LogP contribution in [0.25, 0.3) is 0 Å². The summed E-state index contributed by atoms with van der Waals surface area (Å²) < 4.78 is 0. The highest BCUT2D eigenvalue weighted by Gasteiger charge is 2.33. The number of amides is 5. The number of hydrogen-bond acceptors (Lipinski definition) is 9. The van der Waals surface area contributed by atoms with Crippen LogP contribution in [0.2, 0.25) is 0 Å². The monoisotopic (exact) mass is 638 g/mol. The van der Waals surface area contributed by atoms with Crippen molar-refractivity contribution in [2.45, 2.75) is 70.7 Å². The molecule has 1 fully saturated rings. The van der Waals surface area contributed by atoms with Crippen LogP contribution in [0.1, 0.15) is 39.7 Å². The van der Waals surface area contributed by atoms with Crippen molar-refractivity contribution in [1.29, 1.82) is 0 Å². The molecule has 1 aromatic carbocycles. The lowest BCUT2D eigenvalue weighted by molar-refractivity contribution is -0.139. The quantitative estimate of drug-likeness (QED) is 0.181. The van der Waals surface area contributed by atoms with Gasteiger partial charge in [0.1, 0.15) is 24.2 Å². The standard InChI is InChI=1S/C27H42N6O6S.C2H4O2/c1-16(2)23-26(38)31-21(10-11-40-4)25(37)29-17(3)24(36)30-19(12-18-8-6-5-7-9-18)13-33(14-22(35)32-23)27(39)20(28)15-34;1-2(3)4/h5-9,16-17,19-21,23,34H,10-15,28H2,1-4H3,(H,29,37)(H,30,36)(H,31,38)(H,32,35);1H3,(H,3,4)/t17-,19+,20-,21-,23-;/m0./s1. The first-order valence-electron chi connectivity index (χ1n) is 14.3. The van der Waals surface area contributed by atoms with Crippen molar-refractivity contribution in [2.24, 2.45) is 11.7 Å². The highest BCUT2D eigenvalue weighted by atomic mass is 32.2. The summed E-state index contributed by atoms with van der Waals surface area (Å²) in [7, 11) is 0. The van der Waals surface area contributed by atoms with E-state index in [9.17, 15) is 29.1 Å². The topological polar surface area (TPSA) is 220 Å². The fourth-order valence-corrected chi connectivity index (χ4v) is 4.74. The number of aliphatic hydroxyl groups excluding tert-OH is 1. The maximum absolute atomic E-state index is 13.2. The van der Waals surface area contributed by atoms with Gasteiger partial charge in [0.25, 0.3) is 5.97 Å². The van der Waals surface area contributed by atoms with Crippen molar-refractivity contribution >= 4 is 47.3 Å². The van der Waals surface area contributed by atoms with Crippen LogP contribution in [0.3, 0.4) is 0 Å². The summed E-state index contributed by atoms with van der Waals surface area (Å²) in [4.78, 5) is 75.9. The van der Waals surface area contributed by atoms with Crippen molar-refractivity contribution in [1.82, 2.24) is 26.2 Å². The van der Waals surface area contributed by atoms with Gasteiger partial charge in [0.05, 0.1) is 19.2 Å². The van der Waals surface area contributed by atoms with Gasteiger partial charge in [-0.25, -0.2) is 0 Å². The Hall–Kier alpha value is -3.69. The minimum Gasteiger partial charge on any atom is -0.481 e. The number of carbonyl (C=O) groups excluding carboxylic acids is 5. The van der Waals surface area contributed by atoms with E-state index >= 15 is 0 Å². The highest BCUT2D eigenvalue weighted by Crippen LogP contribution is 2.10. The number of carboxylic acids is 1. The van der Waals surface area contributed by atoms with E-state index < -0.39 is 78.9 Å². The molecular weight excluding hydrogens is 592 g/mol. The van der Waals surface area contributed by atoms with Crippen molar-refractivity contribution in [3.63, 3.8) is 0 Å². The van der Waals surface area contributed by atoms with Gasteiger partial charge in [-0.1, -0.05) is 44.2 Å². The molecule has 246 valence electrons. The molecular formula is C29H46N6O8S. The molecule has 1 aliphatic heterocycles. The number of aliphatic hydroxyl groups is 1. The van der Waals surface area contributed by atoms with Crippen LogP contribution in [-0.2, 0) is 35.2 Å². The van der Waals surface area contributed by atoms with E-state index in [1.54, 1.807) is 13.8 Å². The van der Waals surface area contributed by atoms with Gasteiger partial charge in [-0.05, 0) is 43.3 Å². The number of nitrogens with one attached hydrogen (secondary N) is 4. The number of carbonyl (C=O) groups is 6. The van der Waals surface area contributed by atoms with Gasteiger partial charge >= 0.3 is 0 Å². The predicted octanol–water partition coefficient (Wildman–Crippen LogP) is -1.15. The summed E-state index contributed by atoms with van der Waals surface area (Å²) in [5, 5.41) is 27.9. The van der Waals surface area contributed by atoms with Crippen molar-refractivity contribution in [3.05, 3.63) is 35.9 Å². The van der Waals surface area contributed by atoms with Gasteiger partial charge in [-0.2, -0.15) is 11.8 Å². The lowest BCUT2D eigenvalue weighted by Gasteiger charge is -2.31. The molecule has 1 saturated heterocycles. The van der Waals surface area contributed by atoms with E-state index in [0.717, 1.165) is 12.5 Å². The average molecular weight is 639 g/mol. The van der Waals surface area contributed by atoms with Crippen LogP contribution in [0.4, 0.5) is 0 Å². The first-order chi connectivity index (χ1) is 20.7. The molecule has 0 aliphatic carbocycles. The maximum Gasteiger partial charge on any atom is 0.300 e. The van der Waals surface area contributed by atoms with E-state index in [1.807, 2.05) is 36.6 Å². The first-order valence-corrected chi connectivity index (χ1v) is 15.7. The summed E-state index contributed by atoms with van der Waals surface area (Å²) in [6.07, 6.45) is 2.52. The molecule has 5 atom stereocenters. The third-order valence-electron chi connectivity index (χ3n) is 6.53. The van der Waals surface area contributed by atoms with Gasteiger partial charge in [0.15, 0.2) is 0 Å². The summed E-state index contributed by atoms with van der Waals surface area (Å²) in [5.41, 5.74) is 6.69. The van der Waals surface area contributed by atoms with Gasteiger partial charge in [0, 0.05) is 13.5 Å². The molecule has 0 saturated carbocycles. The number of nitrogens with two attached hydrogens (primary N) is 1. The third-order valence-corrected chi connectivity index (χ3v) is 7.18. The molecule has 1 aromatic rings. The number of rotatable bonds is 8. The molecule has 1 aliphatic rings. The van der Waals surface area contributed by atoms with Crippen LogP contribution in [-0.4, -0.2) is 113 Å². The van der Waals surface area contributed by atoms with Crippen molar-refractivity contribution in [3.8, 4) is 0 Å². The number of thioether (sulfide) groups is 1. The maximum atomic E-state index is 13.2. The molecule has 0 radical (unpaired) electrons. The van der Waals surface area contributed by atoms with Gasteiger partial charge in [-0.3, -0.25) is 28.8 Å². The second-order valence-electron chi connectivity index (χ2n) is 10.8. The number of nitrogens with zero attached hydrogens (tertiary/aromatic N) is 1. The largest absolute Gasteiger partial charge is 0.481 e. The van der Waals surface area contributed by atoms with Crippen LogP contribution >= 0.6 is 11.8 Å². The zero-order valence-electron chi connectivity index (χ0n) is 25.9. The molecule has 0 spiro atoms. The molecule has 15 heteroatoms. The zero-order chi connectivity index (χ0) is 33.4. The minimum atomic E-state index is -1.28. The molecule has 0 bridgehead atoms. The molecule has 2 rings (SSSR count). The highest BCUT2D eigenvalue weighted by molar-refractivity contribution is 7.98. The molecule has 1 heterocycles. The Balaban J connectivity index is 0.00000227. The molecule has 44 heavy (non-hydrogen) atoms. The molecule has 8 N–H and O–H groups in total. The van der Waals surface area contributed by atoms with Crippen LogP contribution in [0, 0.1) is 5.92 Å².